The quantitative estimate of drug-likeness (QED) is 0.608. The zero-order valence-electron chi connectivity index (χ0n) is 14.5. The second-order valence-electron chi connectivity index (χ2n) is 6.66. The molecular formula is C18H23N5O3. The molecule has 0 bridgehead atoms. The monoisotopic (exact) mass is 357 g/mol. The lowest BCUT2D eigenvalue weighted by molar-refractivity contribution is -0.384. The van der Waals surface area contributed by atoms with Crippen LogP contribution in [0.15, 0.2) is 36.7 Å². The van der Waals surface area contributed by atoms with Gasteiger partial charge in [-0.2, -0.15) is 5.10 Å². The zero-order chi connectivity index (χ0) is 18.5. The molecule has 3 N–H and O–H groups in total. The molecule has 1 fully saturated rings. The van der Waals surface area contributed by atoms with Crippen LogP contribution in [-0.2, 0) is 0 Å². The summed E-state index contributed by atoms with van der Waals surface area (Å²) < 4.78 is 1.52. The average molecular weight is 357 g/mol. The maximum atomic E-state index is 12.5. The van der Waals surface area contributed by atoms with Gasteiger partial charge in [0.2, 0.25) is 0 Å². The van der Waals surface area contributed by atoms with Crippen molar-refractivity contribution in [1.29, 1.82) is 0 Å². The lowest BCUT2D eigenvalue weighted by atomic mass is 9.84. The Morgan fingerprint density at radius 2 is 2.00 bits per heavy atom. The number of hydrogen-bond donors (Lipinski definition) is 2. The van der Waals surface area contributed by atoms with Crippen molar-refractivity contribution in [3.8, 4) is 5.69 Å². The number of carbonyl (C=O) groups excluding carboxylic acids is 1. The van der Waals surface area contributed by atoms with Crippen molar-refractivity contribution in [3.05, 3.63) is 52.3 Å². The predicted molar refractivity (Wildman–Crippen MR) is 97.1 cm³/mol. The van der Waals surface area contributed by atoms with E-state index in [4.69, 9.17) is 5.73 Å². The number of rotatable bonds is 6. The van der Waals surface area contributed by atoms with Crippen molar-refractivity contribution in [1.82, 2.24) is 15.1 Å². The Kier molecular flexibility index (Phi) is 5.62. The van der Waals surface area contributed by atoms with Gasteiger partial charge in [0.1, 0.15) is 0 Å². The van der Waals surface area contributed by atoms with Crippen LogP contribution >= 0.6 is 0 Å². The number of nitro groups is 1. The lowest BCUT2D eigenvalue weighted by Crippen LogP contribution is -2.45. The first-order valence-electron chi connectivity index (χ1n) is 8.89. The van der Waals surface area contributed by atoms with Crippen LogP contribution in [-0.4, -0.2) is 33.2 Å². The highest BCUT2D eigenvalue weighted by Crippen LogP contribution is 2.26. The Morgan fingerprint density at radius 1 is 1.31 bits per heavy atom. The van der Waals surface area contributed by atoms with E-state index < -0.39 is 4.92 Å². The summed E-state index contributed by atoms with van der Waals surface area (Å²) in [5, 5.41) is 17.9. The molecule has 0 radical (unpaired) electrons. The smallest absolute Gasteiger partial charge is 0.269 e. The number of nitrogens with zero attached hydrogens (tertiary/aromatic N) is 3. The number of nitrogens with one attached hydrogen (secondary N) is 1. The first-order chi connectivity index (χ1) is 12.6. The molecular weight excluding hydrogens is 334 g/mol. The van der Waals surface area contributed by atoms with Crippen molar-refractivity contribution in [2.24, 2.45) is 11.7 Å². The first kappa shape index (κ1) is 18.1. The van der Waals surface area contributed by atoms with Gasteiger partial charge in [-0.1, -0.05) is 19.3 Å². The molecule has 1 aliphatic rings. The number of amides is 1. The molecule has 2 aromatic rings. The van der Waals surface area contributed by atoms with Gasteiger partial charge in [-0.3, -0.25) is 14.9 Å². The average Bonchev–Trinajstić information content (AvgIpc) is 3.17. The van der Waals surface area contributed by atoms with Gasteiger partial charge in [-0.25, -0.2) is 4.68 Å². The molecule has 26 heavy (non-hydrogen) atoms. The van der Waals surface area contributed by atoms with E-state index in [1.165, 1.54) is 42.3 Å². The minimum Gasteiger partial charge on any atom is -0.348 e. The highest BCUT2D eigenvalue weighted by Gasteiger charge is 2.24. The van der Waals surface area contributed by atoms with Crippen molar-refractivity contribution in [2.45, 2.75) is 38.1 Å². The molecule has 1 saturated carbocycles. The number of hydrogen-bond acceptors (Lipinski definition) is 5. The molecule has 8 nitrogen and oxygen atoms in total. The molecule has 8 heteroatoms. The van der Waals surface area contributed by atoms with E-state index in [0.29, 0.717) is 23.7 Å². The fourth-order valence-electron chi connectivity index (χ4n) is 3.47. The molecule has 0 saturated heterocycles. The second-order valence-corrected chi connectivity index (χ2v) is 6.66. The van der Waals surface area contributed by atoms with Gasteiger partial charge < -0.3 is 11.1 Å². The third-order valence-electron chi connectivity index (χ3n) is 4.96. The van der Waals surface area contributed by atoms with Gasteiger partial charge in [0.25, 0.3) is 11.6 Å². The van der Waals surface area contributed by atoms with E-state index >= 15 is 0 Å². The Morgan fingerprint density at radius 3 is 2.62 bits per heavy atom. The first-order valence-corrected chi connectivity index (χ1v) is 8.89. The molecule has 3 rings (SSSR count). The number of non-ortho nitro benzene ring substituents is 1. The normalized spacial score (nSPS) is 16.2. The van der Waals surface area contributed by atoms with Crippen LogP contribution < -0.4 is 11.1 Å². The predicted octanol–water partition coefficient (Wildman–Crippen LogP) is 2.42. The summed E-state index contributed by atoms with van der Waals surface area (Å²) in [6, 6.07) is 5.98. The number of nitro benzene ring substituents is 1. The largest absolute Gasteiger partial charge is 0.348 e. The fraction of sp³-hybridized carbons (Fsp3) is 0.444. The number of benzene rings is 1. The highest BCUT2D eigenvalue weighted by molar-refractivity contribution is 5.94. The zero-order valence-corrected chi connectivity index (χ0v) is 14.5. The topological polar surface area (TPSA) is 116 Å². The van der Waals surface area contributed by atoms with Crippen LogP contribution in [0.5, 0.6) is 0 Å². The van der Waals surface area contributed by atoms with Crippen LogP contribution in [0.2, 0.25) is 0 Å². The van der Waals surface area contributed by atoms with Crippen LogP contribution in [0.1, 0.15) is 42.5 Å². The van der Waals surface area contributed by atoms with Crippen molar-refractivity contribution in [2.75, 3.05) is 6.54 Å². The van der Waals surface area contributed by atoms with Crippen LogP contribution in [0.25, 0.3) is 5.69 Å². The summed E-state index contributed by atoms with van der Waals surface area (Å²) in [6.07, 6.45) is 8.94. The lowest BCUT2D eigenvalue weighted by Gasteiger charge is -2.29. The number of aromatic nitrogens is 2. The Bertz CT molecular complexity index is 765. The van der Waals surface area contributed by atoms with Gasteiger partial charge in [0.05, 0.1) is 22.4 Å². The van der Waals surface area contributed by atoms with Gasteiger partial charge in [0, 0.05) is 30.9 Å². The molecule has 1 atom stereocenters. The van der Waals surface area contributed by atoms with E-state index in [0.717, 1.165) is 12.8 Å². The maximum absolute atomic E-state index is 12.5. The Balaban J connectivity index is 1.68. The Hall–Kier alpha value is -2.74. The van der Waals surface area contributed by atoms with Gasteiger partial charge >= 0.3 is 0 Å². The highest BCUT2D eigenvalue weighted by atomic mass is 16.6. The van der Waals surface area contributed by atoms with E-state index in [1.54, 1.807) is 18.3 Å². The molecule has 1 aromatic heterocycles. The molecule has 1 unspecified atom stereocenters. The van der Waals surface area contributed by atoms with E-state index in [2.05, 4.69) is 10.4 Å². The number of nitrogens with two attached hydrogens (primary N) is 1. The molecule has 1 aromatic carbocycles. The molecule has 1 aliphatic carbocycles. The third kappa shape index (κ3) is 4.08. The minimum atomic E-state index is -0.454. The molecule has 0 aliphatic heterocycles. The van der Waals surface area contributed by atoms with Crippen LogP contribution in [0.3, 0.4) is 0 Å². The molecule has 1 heterocycles. The summed E-state index contributed by atoms with van der Waals surface area (Å²) in [6.45, 7) is 0.424. The third-order valence-corrected chi connectivity index (χ3v) is 4.96. The van der Waals surface area contributed by atoms with E-state index in [9.17, 15) is 14.9 Å². The summed E-state index contributed by atoms with van der Waals surface area (Å²) >= 11 is 0. The van der Waals surface area contributed by atoms with Crippen molar-refractivity contribution < 1.29 is 9.72 Å². The standard InChI is InChI=1S/C18H23N5O3/c19-10-17(13-4-2-1-3-5-13)21-18(24)14-11-20-22(12-14)15-6-8-16(9-7-15)23(25)26/h6-9,11-13,17H,1-5,10,19H2,(H,21,24). The summed E-state index contributed by atoms with van der Waals surface area (Å²) in [5.41, 5.74) is 6.98. The maximum Gasteiger partial charge on any atom is 0.269 e. The minimum absolute atomic E-state index is 0.0112. The summed E-state index contributed by atoms with van der Waals surface area (Å²) in [5.74, 6) is 0.238. The summed E-state index contributed by atoms with van der Waals surface area (Å²) in [7, 11) is 0. The van der Waals surface area contributed by atoms with E-state index in [-0.39, 0.29) is 17.6 Å². The Labute approximate surface area is 151 Å². The molecule has 138 valence electrons. The fourth-order valence-corrected chi connectivity index (χ4v) is 3.47. The SMILES string of the molecule is NCC(NC(=O)c1cnn(-c2ccc([N+](=O)[O-])cc2)c1)C1CCCCC1. The molecule has 1 amide bonds. The van der Waals surface area contributed by atoms with Gasteiger partial charge in [0.15, 0.2) is 0 Å². The van der Waals surface area contributed by atoms with Crippen molar-refractivity contribution >= 4 is 11.6 Å². The van der Waals surface area contributed by atoms with Crippen LogP contribution in [0, 0.1) is 16.0 Å². The van der Waals surface area contributed by atoms with Gasteiger partial charge in [-0.15, -0.1) is 0 Å². The molecule has 0 spiro atoms. The van der Waals surface area contributed by atoms with Crippen molar-refractivity contribution in [3.63, 3.8) is 0 Å². The number of carbonyl (C=O) groups is 1. The summed E-state index contributed by atoms with van der Waals surface area (Å²) in [4.78, 5) is 22.8. The van der Waals surface area contributed by atoms with Crippen LogP contribution in [0.4, 0.5) is 5.69 Å². The van der Waals surface area contributed by atoms with E-state index in [1.807, 2.05) is 0 Å². The van der Waals surface area contributed by atoms with Gasteiger partial charge in [-0.05, 0) is 30.9 Å². The second kappa shape index (κ2) is 8.09.